The molecule has 16 heavy (non-hydrogen) atoms. The zero-order valence-electron chi connectivity index (χ0n) is 11.7. The summed E-state index contributed by atoms with van der Waals surface area (Å²) in [6.45, 7) is 13.8. The summed E-state index contributed by atoms with van der Waals surface area (Å²) in [4.78, 5) is 4.99. The van der Waals surface area contributed by atoms with E-state index in [1.54, 1.807) is 0 Å². The van der Waals surface area contributed by atoms with Crippen molar-refractivity contribution < 1.29 is 0 Å². The molecule has 0 aromatic heterocycles. The van der Waals surface area contributed by atoms with Crippen LogP contribution >= 0.6 is 0 Å². The van der Waals surface area contributed by atoms with Crippen molar-refractivity contribution in [1.82, 2.24) is 9.80 Å². The van der Waals surface area contributed by atoms with Gasteiger partial charge < -0.3 is 10.6 Å². The van der Waals surface area contributed by atoms with Crippen LogP contribution in [0.3, 0.4) is 0 Å². The number of likely N-dealkylation sites (N-methyl/N-ethyl adjacent to an activating group) is 1. The van der Waals surface area contributed by atoms with E-state index in [-0.39, 0.29) is 5.41 Å². The summed E-state index contributed by atoms with van der Waals surface area (Å²) in [5, 5.41) is 0. The van der Waals surface area contributed by atoms with Gasteiger partial charge in [-0.25, -0.2) is 0 Å². The molecule has 3 nitrogen and oxygen atoms in total. The van der Waals surface area contributed by atoms with E-state index in [0.717, 1.165) is 19.5 Å². The zero-order valence-corrected chi connectivity index (χ0v) is 11.7. The first-order chi connectivity index (χ1) is 7.36. The van der Waals surface area contributed by atoms with Gasteiger partial charge in [-0.3, -0.25) is 4.90 Å². The van der Waals surface area contributed by atoms with Crippen molar-refractivity contribution in [2.24, 2.45) is 11.1 Å². The molecule has 0 radical (unpaired) electrons. The van der Waals surface area contributed by atoms with Crippen LogP contribution in [0.25, 0.3) is 0 Å². The van der Waals surface area contributed by atoms with Gasteiger partial charge >= 0.3 is 0 Å². The van der Waals surface area contributed by atoms with Crippen molar-refractivity contribution in [2.75, 3.05) is 33.2 Å². The number of hydrogen-bond donors (Lipinski definition) is 1. The molecule has 1 fully saturated rings. The van der Waals surface area contributed by atoms with Crippen LogP contribution in [0.2, 0.25) is 0 Å². The molecule has 0 aromatic rings. The highest BCUT2D eigenvalue weighted by atomic mass is 15.3. The lowest BCUT2D eigenvalue weighted by atomic mass is 9.80. The maximum absolute atomic E-state index is 6.31. The Morgan fingerprint density at radius 3 is 2.00 bits per heavy atom. The number of nitrogens with two attached hydrogens (primary N) is 1. The average Bonchev–Trinajstić information content (AvgIpc) is 2.19. The summed E-state index contributed by atoms with van der Waals surface area (Å²) in [5.74, 6) is 0. The van der Waals surface area contributed by atoms with E-state index < -0.39 is 0 Å². The van der Waals surface area contributed by atoms with E-state index in [0.29, 0.717) is 12.1 Å². The summed E-state index contributed by atoms with van der Waals surface area (Å²) in [5.41, 5.74) is 6.58. The van der Waals surface area contributed by atoms with E-state index in [1.165, 1.54) is 13.1 Å². The van der Waals surface area contributed by atoms with E-state index in [4.69, 9.17) is 5.73 Å². The maximum Gasteiger partial charge on any atom is 0.0296 e. The van der Waals surface area contributed by atoms with E-state index >= 15 is 0 Å². The van der Waals surface area contributed by atoms with Gasteiger partial charge in [0.25, 0.3) is 0 Å². The molecule has 1 aliphatic rings. The van der Waals surface area contributed by atoms with Crippen LogP contribution in [0, 0.1) is 5.41 Å². The van der Waals surface area contributed by atoms with Gasteiger partial charge in [0, 0.05) is 38.3 Å². The van der Waals surface area contributed by atoms with Gasteiger partial charge in [-0.05, 0) is 18.9 Å². The molecule has 1 aliphatic heterocycles. The minimum absolute atomic E-state index is 0.269. The molecule has 0 spiro atoms. The summed E-state index contributed by atoms with van der Waals surface area (Å²) in [6.07, 6.45) is 1.06. The SMILES string of the molecule is CCC(N)C(N1CCN(C)CC1)C(C)(C)C. The molecule has 0 aromatic carbocycles. The largest absolute Gasteiger partial charge is 0.326 e. The Hall–Kier alpha value is -0.120. The molecule has 1 saturated heterocycles. The standard InChI is InChI=1S/C13H29N3/c1-6-11(14)12(13(2,3)4)16-9-7-15(5)8-10-16/h11-12H,6-10,14H2,1-5H3. The normalized spacial score (nSPS) is 24.4. The van der Waals surface area contributed by atoms with Crippen molar-refractivity contribution in [3.63, 3.8) is 0 Å². The first-order valence-electron chi connectivity index (χ1n) is 6.54. The fourth-order valence-corrected chi connectivity index (χ4v) is 2.78. The third kappa shape index (κ3) is 3.44. The monoisotopic (exact) mass is 227 g/mol. The molecule has 0 saturated carbocycles. The van der Waals surface area contributed by atoms with Crippen LogP contribution in [-0.4, -0.2) is 55.1 Å². The van der Waals surface area contributed by atoms with Gasteiger partial charge in [-0.2, -0.15) is 0 Å². The van der Waals surface area contributed by atoms with Crippen molar-refractivity contribution in [1.29, 1.82) is 0 Å². The van der Waals surface area contributed by atoms with E-state index in [1.807, 2.05) is 0 Å². The van der Waals surface area contributed by atoms with Crippen LogP contribution in [0.1, 0.15) is 34.1 Å². The van der Waals surface area contributed by atoms with Crippen molar-refractivity contribution in [3.05, 3.63) is 0 Å². The van der Waals surface area contributed by atoms with Crippen molar-refractivity contribution >= 4 is 0 Å². The second-order valence-corrected chi connectivity index (χ2v) is 6.22. The van der Waals surface area contributed by atoms with Gasteiger partial charge in [0.2, 0.25) is 0 Å². The van der Waals surface area contributed by atoms with Gasteiger partial charge in [0.1, 0.15) is 0 Å². The molecule has 2 unspecified atom stereocenters. The topological polar surface area (TPSA) is 32.5 Å². The molecule has 1 heterocycles. The van der Waals surface area contributed by atoms with Crippen LogP contribution < -0.4 is 5.73 Å². The Bertz CT molecular complexity index is 202. The second-order valence-electron chi connectivity index (χ2n) is 6.22. The number of piperazine rings is 1. The molecular weight excluding hydrogens is 198 g/mol. The lowest BCUT2D eigenvalue weighted by molar-refractivity contribution is 0.0380. The van der Waals surface area contributed by atoms with Crippen LogP contribution in [0.5, 0.6) is 0 Å². The molecule has 1 rings (SSSR count). The first kappa shape index (κ1) is 13.9. The van der Waals surface area contributed by atoms with E-state index in [2.05, 4.69) is 44.5 Å². The van der Waals surface area contributed by atoms with Crippen LogP contribution in [0.4, 0.5) is 0 Å². The number of hydrogen-bond acceptors (Lipinski definition) is 3. The summed E-state index contributed by atoms with van der Waals surface area (Å²) >= 11 is 0. The predicted octanol–water partition coefficient (Wildman–Crippen LogP) is 1.39. The molecule has 0 bridgehead atoms. The molecular formula is C13H29N3. The molecule has 2 N–H and O–H groups in total. The average molecular weight is 227 g/mol. The molecule has 2 atom stereocenters. The minimum atomic E-state index is 0.269. The van der Waals surface area contributed by atoms with Gasteiger partial charge in [-0.15, -0.1) is 0 Å². The van der Waals surface area contributed by atoms with Crippen LogP contribution in [0.15, 0.2) is 0 Å². The van der Waals surface area contributed by atoms with Gasteiger partial charge in [0.05, 0.1) is 0 Å². The highest BCUT2D eigenvalue weighted by molar-refractivity contribution is 4.92. The summed E-state index contributed by atoms with van der Waals surface area (Å²) < 4.78 is 0. The maximum atomic E-state index is 6.31. The molecule has 0 amide bonds. The minimum Gasteiger partial charge on any atom is -0.326 e. The highest BCUT2D eigenvalue weighted by Gasteiger charge is 2.35. The fraction of sp³-hybridized carbons (Fsp3) is 1.00. The summed E-state index contributed by atoms with van der Waals surface area (Å²) in [6, 6.07) is 0.801. The smallest absolute Gasteiger partial charge is 0.0296 e. The fourth-order valence-electron chi connectivity index (χ4n) is 2.78. The Morgan fingerprint density at radius 2 is 1.62 bits per heavy atom. The van der Waals surface area contributed by atoms with Crippen molar-refractivity contribution in [2.45, 2.75) is 46.2 Å². The van der Waals surface area contributed by atoms with E-state index in [9.17, 15) is 0 Å². The Labute approximate surface area is 101 Å². The number of nitrogens with zero attached hydrogens (tertiary/aromatic N) is 2. The Balaban J connectivity index is 2.69. The lowest BCUT2D eigenvalue weighted by Crippen LogP contribution is -2.59. The summed E-state index contributed by atoms with van der Waals surface area (Å²) in [7, 11) is 2.20. The first-order valence-corrected chi connectivity index (χ1v) is 6.54. The Kier molecular flexibility index (Phi) is 4.77. The molecule has 3 heteroatoms. The highest BCUT2D eigenvalue weighted by Crippen LogP contribution is 2.28. The Morgan fingerprint density at radius 1 is 1.12 bits per heavy atom. The second kappa shape index (κ2) is 5.48. The van der Waals surface area contributed by atoms with Gasteiger partial charge in [-0.1, -0.05) is 27.7 Å². The zero-order chi connectivity index (χ0) is 12.3. The van der Waals surface area contributed by atoms with Gasteiger partial charge in [0.15, 0.2) is 0 Å². The molecule has 0 aliphatic carbocycles. The lowest BCUT2D eigenvalue weighted by Gasteiger charge is -2.46. The third-order valence-electron chi connectivity index (χ3n) is 3.70. The third-order valence-corrected chi connectivity index (χ3v) is 3.70. The van der Waals surface area contributed by atoms with Crippen molar-refractivity contribution in [3.8, 4) is 0 Å². The van der Waals surface area contributed by atoms with Crippen LogP contribution in [-0.2, 0) is 0 Å². The molecule has 96 valence electrons. The predicted molar refractivity (Wildman–Crippen MR) is 70.6 cm³/mol. The number of rotatable bonds is 3. The quantitative estimate of drug-likeness (QED) is 0.791.